The number of hydrogen-bond donors (Lipinski definition) is 0. The van der Waals surface area contributed by atoms with Gasteiger partial charge in [0.1, 0.15) is 5.75 Å². The lowest BCUT2D eigenvalue weighted by Gasteiger charge is -2.21. The van der Waals surface area contributed by atoms with Crippen molar-refractivity contribution in [2.24, 2.45) is 0 Å². The van der Waals surface area contributed by atoms with Gasteiger partial charge in [-0.15, -0.1) is 0 Å². The van der Waals surface area contributed by atoms with Crippen molar-refractivity contribution in [3.63, 3.8) is 0 Å². The Labute approximate surface area is 170 Å². The zero-order valence-electron chi connectivity index (χ0n) is 16.3. The number of rotatable bonds is 4. The molecule has 0 bridgehead atoms. The Balaban J connectivity index is 1.71. The highest BCUT2D eigenvalue weighted by Gasteiger charge is 2.27. The van der Waals surface area contributed by atoms with E-state index in [-0.39, 0.29) is 5.78 Å². The molecule has 0 radical (unpaired) electrons. The van der Waals surface area contributed by atoms with Gasteiger partial charge in [0.2, 0.25) is 5.78 Å². The van der Waals surface area contributed by atoms with E-state index in [4.69, 9.17) is 4.74 Å². The molecule has 29 heavy (non-hydrogen) atoms. The van der Waals surface area contributed by atoms with Gasteiger partial charge in [-0.3, -0.25) is 4.79 Å². The molecule has 142 valence electrons. The van der Waals surface area contributed by atoms with E-state index in [0.29, 0.717) is 5.56 Å². The van der Waals surface area contributed by atoms with Crippen LogP contribution < -0.4 is 4.74 Å². The monoisotopic (exact) mass is 379 g/mol. The zero-order valence-corrected chi connectivity index (χ0v) is 16.3. The Hall–Kier alpha value is -3.59. The van der Waals surface area contributed by atoms with Gasteiger partial charge in [0.25, 0.3) is 0 Å². The molecule has 0 aliphatic carbocycles. The zero-order chi connectivity index (χ0) is 19.8. The summed E-state index contributed by atoms with van der Waals surface area (Å²) in [6.07, 6.45) is 0.926. The van der Waals surface area contributed by atoms with Gasteiger partial charge in [0.05, 0.1) is 12.8 Å². The minimum atomic E-state index is 0.0390. The van der Waals surface area contributed by atoms with Crippen LogP contribution in [0.3, 0.4) is 0 Å². The summed E-state index contributed by atoms with van der Waals surface area (Å²) in [5, 5.41) is 0. The molecule has 0 saturated carbocycles. The smallest absolute Gasteiger partial charge is 0.210 e. The molecule has 1 aliphatic heterocycles. The molecule has 0 atom stereocenters. The van der Waals surface area contributed by atoms with Gasteiger partial charge in [0, 0.05) is 28.9 Å². The quantitative estimate of drug-likeness (QED) is 0.431. The number of methoxy groups -OCH3 is 1. The summed E-state index contributed by atoms with van der Waals surface area (Å²) in [5.41, 5.74) is 7.13. The fourth-order valence-electron chi connectivity index (χ4n) is 4.19. The van der Waals surface area contributed by atoms with E-state index in [2.05, 4.69) is 47.0 Å². The van der Waals surface area contributed by atoms with Crippen molar-refractivity contribution in [1.29, 1.82) is 0 Å². The molecule has 2 heterocycles. The molecular formula is C26H21NO2. The first-order valence-corrected chi connectivity index (χ1v) is 9.82. The topological polar surface area (TPSA) is 31.2 Å². The van der Waals surface area contributed by atoms with Crippen molar-refractivity contribution >= 4 is 5.78 Å². The first-order valence-electron chi connectivity index (χ1n) is 9.82. The van der Waals surface area contributed by atoms with E-state index < -0.39 is 0 Å². The molecular weight excluding hydrogens is 358 g/mol. The van der Waals surface area contributed by atoms with E-state index in [1.54, 1.807) is 7.11 Å². The summed E-state index contributed by atoms with van der Waals surface area (Å²) >= 11 is 0. The number of benzene rings is 3. The molecule has 0 saturated heterocycles. The molecule has 1 aromatic heterocycles. The van der Waals surface area contributed by atoms with E-state index in [0.717, 1.165) is 41.2 Å². The van der Waals surface area contributed by atoms with Crippen LogP contribution in [0.25, 0.3) is 22.4 Å². The highest BCUT2D eigenvalue weighted by molar-refractivity contribution is 6.13. The fourth-order valence-corrected chi connectivity index (χ4v) is 4.19. The van der Waals surface area contributed by atoms with E-state index in [9.17, 15) is 4.79 Å². The summed E-state index contributed by atoms with van der Waals surface area (Å²) in [7, 11) is 1.63. The van der Waals surface area contributed by atoms with Crippen molar-refractivity contribution < 1.29 is 9.53 Å². The molecule has 1 aliphatic rings. The van der Waals surface area contributed by atoms with Crippen LogP contribution in [0.5, 0.6) is 5.75 Å². The van der Waals surface area contributed by atoms with Gasteiger partial charge >= 0.3 is 0 Å². The Kier molecular flexibility index (Phi) is 4.28. The first kappa shape index (κ1) is 17.5. The van der Waals surface area contributed by atoms with Gasteiger partial charge in [-0.1, -0.05) is 54.6 Å². The highest BCUT2D eigenvalue weighted by Crippen LogP contribution is 2.38. The molecule has 3 nitrogen and oxygen atoms in total. The summed E-state index contributed by atoms with van der Waals surface area (Å²) in [4.78, 5) is 13.6. The number of nitrogens with zero attached hydrogens (tertiary/aromatic N) is 1. The second-order valence-corrected chi connectivity index (χ2v) is 7.27. The van der Waals surface area contributed by atoms with Crippen LogP contribution in [0.2, 0.25) is 0 Å². The number of aryl methyl sites for hydroxylation is 1. The summed E-state index contributed by atoms with van der Waals surface area (Å²) < 4.78 is 7.44. The van der Waals surface area contributed by atoms with Crippen molar-refractivity contribution in [3.8, 4) is 28.1 Å². The maximum absolute atomic E-state index is 13.6. The van der Waals surface area contributed by atoms with Crippen LogP contribution in [0.15, 0.2) is 84.9 Å². The summed E-state index contributed by atoms with van der Waals surface area (Å²) in [5.74, 6) is 0.785. The van der Waals surface area contributed by atoms with Crippen LogP contribution in [0.4, 0.5) is 0 Å². The SMILES string of the molecule is COc1ccc(C(=O)c2c(-c3ccccc3)cc3n2CCc2ccccc2-3)cc1. The number of aromatic nitrogens is 1. The molecule has 0 unspecified atom stereocenters. The van der Waals surface area contributed by atoms with Crippen LogP contribution in [-0.2, 0) is 13.0 Å². The number of fused-ring (bicyclic) bond motifs is 3. The van der Waals surface area contributed by atoms with Crippen molar-refractivity contribution in [2.45, 2.75) is 13.0 Å². The third kappa shape index (κ3) is 2.95. The first-order chi connectivity index (χ1) is 14.3. The molecule has 0 N–H and O–H groups in total. The molecule has 3 aromatic carbocycles. The van der Waals surface area contributed by atoms with Gasteiger partial charge < -0.3 is 9.30 Å². The van der Waals surface area contributed by atoms with Gasteiger partial charge in [-0.05, 0) is 47.9 Å². The predicted octanol–water partition coefficient (Wildman–Crippen LogP) is 5.62. The lowest BCUT2D eigenvalue weighted by atomic mass is 9.98. The molecule has 3 heteroatoms. The van der Waals surface area contributed by atoms with Gasteiger partial charge in [-0.25, -0.2) is 0 Å². The minimum absolute atomic E-state index is 0.0390. The highest BCUT2D eigenvalue weighted by atomic mass is 16.5. The Morgan fingerprint density at radius 2 is 1.59 bits per heavy atom. The van der Waals surface area contributed by atoms with Crippen LogP contribution in [0.1, 0.15) is 21.6 Å². The molecule has 0 amide bonds. The van der Waals surface area contributed by atoms with Gasteiger partial charge in [-0.2, -0.15) is 0 Å². The third-order valence-electron chi connectivity index (χ3n) is 5.65. The Bertz CT molecular complexity index is 1190. The van der Waals surface area contributed by atoms with Crippen molar-refractivity contribution in [1.82, 2.24) is 4.57 Å². The lowest BCUT2D eigenvalue weighted by molar-refractivity contribution is 0.103. The lowest BCUT2D eigenvalue weighted by Crippen LogP contribution is -2.17. The minimum Gasteiger partial charge on any atom is -0.497 e. The van der Waals surface area contributed by atoms with E-state index >= 15 is 0 Å². The number of ether oxygens (including phenoxy) is 1. The average molecular weight is 379 g/mol. The summed E-state index contributed by atoms with van der Waals surface area (Å²) in [6, 6.07) is 28.2. The summed E-state index contributed by atoms with van der Waals surface area (Å²) in [6.45, 7) is 0.802. The average Bonchev–Trinajstić information content (AvgIpc) is 3.19. The number of ketones is 1. The van der Waals surface area contributed by atoms with Crippen LogP contribution >= 0.6 is 0 Å². The maximum atomic E-state index is 13.6. The van der Waals surface area contributed by atoms with E-state index in [1.807, 2.05) is 42.5 Å². The molecule has 0 spiro atoms. The number of carbonyl (C=O) groups is 1. The number of hydrogen-bond acceptors (Lipinski definition) is 2. The van der Waals surface area contributed by atoms with Crippen LogP contribution in [0, 0.1) is 0 Å². The second kappa shape index (κ2) is 7.10. The van der Waals surface area contributed by atoms with Crippen molar-refractivity contribution in [3.05, 3.63) is 102 Å². The van der Waals surface area contributed by atoms with Crippen molar-refractivity contribution in [2.75, 3.05) is 7.11 Å². The third-order valence-corrected chi connectivity index (χ3v) is 5.65. The Morgan fingerprint density at radius 1 is 0.862 bits per heavy atom. The predicted molar refractivity (Wildman–Crippen MR) is 115 cm³/mol. The van der Waals surface area contributed by atoms with Gasteiger partial charge in [0.15, 0.2) is 0 Å². The molecule has 5 rings (SSSR count). The Morgan fingerprint density at radius 3 is 2.34 bits per heavy atom. The number of carbonyl (C=O) groups excluding carboxylic acids is 1. The molecule has 4 aromatic rings. The van der Waals surface area contributed by atoms with Crippen LogP contribution in [-0.4, -0.2) is 17.5 Å². The fraction of sp³-hybridized carbons (Fsp3) is 0.115. The van der Waals surface area contributed by atoms with E-state index in [1.165, 1.54) is 11.1 Å². The second-order valence-electron chi connectivity index (χ2n) is 7.27. The molecule has 0 fully saturated rings. The largest absolute Gasteiger partial charge is 0.497 e. The standard InChI is InChI=1S/C26H21NO2/c1-29-21-13-11-20(12-14-21)26(28)25-23(18-7-3-2-4-8-18)17-24-22-10-6-5-9-19(22)15-16-27(24)25/h2-14,17H,15-16H2,1H3. The maximum Gasteiger partial charge on any atom is 0.210 e. The normalized spacial score (nSPS) is 12.2.